The van der Waals surface area contributed by atoms with Gasteiger partial charge in [-0.3, -0.25) is 9.59 Å². The fraction of sp³-hybridized carbons (Fsp3) is 0.526. The highest BCUT2D eigenvalue weighted by Gasteiger charge is 2.53. The number of ether oxygens (including phenoxy) is 5. The van der Waals surface area contributed by atoms with Crippen LogP contribution in [0.3, 0.4) is 0 Å². The first-order chi connectivity index (χ1) is 50.2. The number of aryl methyl sites for hydroxylation is 3. The molecule has 6 atom stereocenters. The van der Waals surface area contributed by atoms with Gasteiger partial charge < -0.3 is 69.9 Å². The zero-order valence-corrected chi connectivity index (χ0v) is 69.3. The van der Waals surface area contributed by atoms with E-state index in [9.17, 15) is 24.3 Å². The number of amides is 2. The normalized spacial score (nSPS) is 21.4. The third-order valence-corrected chi connectivity index (χ3v) is 24.4. The van der Waals surface area contributed by atoms with Crippen molar-refractivity contribution in [1.29, 1.82) is 0 Å². The number of hydrogen-bond acceptors (Lipinski definition) is 19. The molecule has 0 aliphatic carbocycles. The van der Waals surface area contributed by atoms with E-state index in [0.717, 1.165) is 132 Å². The topological polar surface area (TPSA) is 274 Å². The van der Waals surface area contributed by atoms with Gasteiger partial charge in [-0.25, -0.2) is 24.5 Å². The molecule has 7 N–H and O–H groups in total. The molecule has 3 aromatic carbocycles. The van der Waals surface area contributed by atoms with Gasteiger partial charge in [0.05, 0.1) is 104 Å². The van der Waals surface area contributed by atoms with Crippen molar-refractivity contribution in [3.63, 3.8) is 0 Å². The number of rotatable bonds is 11. The van der Waals surface area contributed by atoms with Crippen molar-refractivity contribution in [2.24, 2.45) is 22.0 Å². The lowest BCUT2D eigenvalue weighted by Crippen LogP contribution is -2.55. The number of Topliss-reactive ketones (excluding diaryl/α,β-unsaturated/α-hetero) is 2. The van der Waals surface area contributed by atoms with E-state index in [0.29, 0.717) is 68.4 Å². The van der Waals surface area contributed by atoms with Crippen LogP contribution >= 0.6 is 85.5 Å². The number of nitrogens with zero attached hydrogens (tertiary/aromatic N) is 6. The first-order valence-corrected chi connectivity index (χ1v) is 39.1. The van der Waals surface area contributed by atoms with Crippen LogP contribution in [0.1, 0.15) is 158 Å². The number of hydrogen-bond donors (Lipinski definition) is 6. The Balaban J connectivity index is 0.000000174. The number of benzene rings is 3. The summed E-state index contributed by atoms with van der Waals surface area (Å²) in [5.41, 5.74) is 13.0. The van der Waals surface area contributed by atoms with Crippen molar-refractivity contribution < 1.29 is 58.0 Å². The molecule has 107 heavy (non-hydrogen) atoms. The van der Waals surface area contributed by atoms with E-state index in [2.05, 4.69) is 48.2 Å². The number of aromatic nitrogens is 3. The van der Waals surface area contributed by atoms with Crippen molar-refractivity contribution in [2.45, 2.75) is 190 Å². The number of alkyl carbamates (subject to hydrolysis) is 2. The zero-order chi connectivity index (χ0) is 78.6. The minimum atomic E-state index is -1.57. The molecule has 580 valence electrons. The van der Waals surface area contributed by atoms with E-state index >= 15 is 0 Å². The van der Waals surface area contributed by atoms with E-state index in [1.165, 1.54) is 6.07 Å². The number of ketones is 2. The van der Waals surface area contributed by atoms with Crippen LogP contribution in [-0.4, -0.2) is 168 Å². The van der Waals surface area contributed by atoms with Crippen molar-refractivity contribution in [2.75, 3.05) is 73.8 Å². The average Bonchev–Trinajstić information content (AvgIpc) is 1.69. The predicted molar refractivity (Wildman–Crippen MR) is 430 cm³/mol. The summed E-state index contributed by atoms with van der Waals surface area (Å²) in [5.74, 6) is 2.18. The molecular weight excluding hydrogens is 1560 g/mol. The highest BCUT2D eigenvalue weighted by Crippen LogP contribution is 2.48. The van der Waals surface area contributed by atoms with Crippen LogP contribution in [-0.2, 0) is 30.3 Å². The number of anilines is 3. The molecule has 3 spiro atoms. The number of aliphatic hydroxyl groups is 1. The number of carbonyl (C=O) groups excluding carboxylic acids is 4. The highest BCUT2D eigenvalue weighted by molar-refractivity contribution is 9.10. The van der Waals surface area contributed by atoms with E-state index in [1.54, 1.807) is 38.1 Å². The lowest BCUT2D eigenvalue weighted by atomic mass is 9.73. The zero-order valence-electron chi connectivity index (χ0n) is 63.2. The Kier molecular flexibility index (Phi) is 28.2. The van der Waals surface area contributed by atoms with Crippen molar-refractivity contribution in [3.8, 4) is 22.3 Å². The molecule has 0 saturated carbocycles. The van der Waals surface area contributed by atoms with Gasteiger partial charge in [-0.15, -0.1) is 0 Å². The Hall–Kier alpha value is -5.61. The molecule has 2 amide bonds. The molecule has 6 saturated heterocycles. The monoisotopic (exact) mass is 1650 g/mol. The van der Waals surface area contributed by atoms with Crippen LogP contribution in [0.15, 0.2) is 77.3 Å². The number of piperidine rings is 3. The van der Waals surface area contributed by atoms with Crippen molar-refractivity contribution in [1.82, 2.24) is 25.6 Å². The second kappa shape index (κ2) is 35.4. The second-order valence-corrected chi connectivity index (χ2v) is 34.1. The number of halogens is 7. The molecule has 12 rings (SSSR count). The van der Waals surface area contributed by atoms with Crippen LogP contribution in [0.25, 0.3) is 22.3 Å². The SMILES string of the molecule is CC(=O)c1cc(-c2cccc(Cl)c2Cl)c(C)nc1N1CCC2(CC1)CO[C@@H](C)[C@H]2NC(=O)OC(C)(C)C.CC(=O)c1cc(Br)c(C)nc1N1CCC2(CC1)CO[C@@H](C)[C@H]2NC(=O)OC(C)(C)C.Cc1nc(N2CCC3(CC2)CO[C@@H](C)[C@H]3N)c(CO)cc1-c1cccc(Cl)c1Cl.OB(O)c1cccc(Cl)c1Cl. The van der Waals surface area contributed by atoms with Gasteiger partial charge in [0.15, 0.2) is 11.6 Å². The third kappa shape index (κ3) is 20.0. The Labute approximate surface area is 667 Å². The smallest absolute Gasteiger partial charge is 0.444 e. The van der Waals surface area contributed by atoms with E-state index in [-0.39, 0.29) is 81.3 Å². The second-order valence-electron chi connectivity index (χ2n) is 30.9. The molecular formula is C78H99BBrCl6N9O12. The Morgan fingerprint density at radius 1 is 0.551 bits per heavy atom. The average molecular weight is 1660 g/mol. The van der Waals surface area contributed by atoms with Crippen LogP contribution in [0.5, 0.6) is 0 Å². The van der Waals surface area contributed by atoms with Gasteiger partial charge in [0, 0.05) is 111 Å². The summed E-state index contributed by atoms with van der Waals surface area (Å²) in [4.78, 5) is 70.9. The standard InChI is InChI=1S/C28H35Cl2N3O4.C22H32BrN3O4.C22H27Cl2N3O2.C6H5BCl2O2/c1-16-20(19-8-7-9-22(29)23(19)30)14-21(17(2)34)25(31-16)33-12-10-28(11-13-33)15-36-18(3)24(28)32-26(35)37-27(4,5)6;1-13-17(23)11-16(14(2)27)19(24-13)26-9-7-22(8-10-26)12-29-15(3)18(22)25-20(28)30-21(4,5)6;1-13-17(16-4-3-5-18(23)19(16)24)10-15(11-28)21(26-13)27-8-6-22(7-9-27)12-29-14(2)20(22)25;8-5-3-1-2-4(6(5)9)7(10)11/h7-9,14,18,24H,10-13,15H2,1-6H3,(H,32,35);11,15,18H,7-10,12H2,1-6H3,(H,25,28);3-5,10,14,20,28H,6-9,11-12,25H2,1-2H3;1-3,10-11H/t18-,24+;15-,18+;14-,20+;/m000./s1. The molecule has 6 fully saturated rings. The number of pyridine rings is 3. The van der Waals surface area contributed by atoms with Crippen LogP contribution < -0.4 is 36.5 Å². The Morgan fingerprint density at radius 2 is 0.916 bits per heavy atom. The summed E-state index contributed by atoms with van der Waals surface area (Å²) in [6, 6.07) is 21.2. The van der Waals surface area contributed by atoms with E-state index in [4.69, 9.17) is 124 Å². The lowest BCUT2D eigenvalue weighted by Gasteiger charge is -2.43. The Bertz CT molecular complexity index is 4220. The fourth-order valence-corrected chi connectivity index (χ4v) is 16.6. The largest absolute Gasteiger partial charge is 0.490 e. The molecule has 0 radical (unpaired) electrons. The third-order valence-electron chi connectivity index (χ3n) is 21.2. The van der Waals surface area contributed by atoms with Gasteiger partial charge in [-0.2, -0.15) is 0 Å². The number of nitrogens with one attached hydrogen (secondary N) is 2. The molecule has 6 aliphatic rings. The number of aliphatic hydroxyl groups excluding tert-OH is 1. The number of nitrogens with two attached hydrogens (primary N) is 1. The van der Waals surface area contributed by atoms with E-state index < -0.39 is 30.5 Å². The minimum absolute atomic E-state index is 0.000720. The summed E-state index contributed by atoms with van der Waals surface area (Å²) in [6.45, 7) is 32.5. The van der Waals surface area contributed by atoms with Gasteiger partial charge in [-0.1, -0.05) is 106 Å². The number of carbonyl (C=O) groups is 4. The fourth-order valence-electron chi connectivity index (χ4n) is 15.1. The molecule has 3 aromatic heterocycles. The van der Waals surface area contributed by atoms with Crippen LogP contribution in [0, 0.1) is 37.0 Å². The summed E-state index contributed by atoms with van der Waals surface area (Å²) < 4.78 is 29.6. The molecule has 9 heterocycles. The van der Waals surface area contributed by atoms with E-state index in [1.807, 2.05) is 119 Å². The first-order valence-electron chi connectivity index (χ1n) is 36.1. The summed E-state index contributed by atoms with van der Waals surface area (Å²) >= 11 is 40.1. The Morgan fingerprint density at radius 3 is 1.31 bits per heavy atom. The highest BCUT2D eigenvalue weighted by atomic mass is 79.9. The van der Waals surface area contributed by atoms with Gasteiger partial charge in [0.2, 0.25) is 0 Å². The van der Waals surface area contributed by atoms with Crippen LogP contribution in [0.2, 0.25) is 30.1 Å². The molecule has 6 aromatic rings. The van der Waals surface area contributed by atoms with Crippen molar-refractivity contribution >= 4 is 139 Å². The van der Waals surface area contributed by atoms with Gasteiger partial charge in [0.1, 0.15) is 28.7 Å². The first kappa shape index (κ1) is 85.4. The van der Waals surface area contributed by atoms with Gasteiger partial charge in [-0.05, 0) is 188 Å². The van der Waals surface area contributed by atoms with Gasteiger partial charge in [0.25, 0.3) is 0 Å². The lowest BCUT2D eigenvalue weighted by molar-refractivity contribution is 0.0424. The van der Waals surface area contributed by atoms with Crippen LogP contribution in [0.4, 0.5) is 27.0 Å². The van der Waals surface area contributed by atoms with Gasteiger partial charge >= 0.3 is 19.3 Å². The molecule has 29 heteroatoms. The quantitative estimate of drug-likeness (QED) is 0.0519. The molecule has 6 aliphatic heterocycles. The minimum Gasteiger partial charge on any atom is -0.444 e. The summed E-state index contributed by atoms with van der Waals surface area (Å²) in [5, 5.41) is 36.1. The maximum absolute atomic E-state index is 12.7. The molecule has 0 unspecified atom stereocenters. The predicted octanol–water partition coefficient (Wildman–Crippen LogP) is 15.6. The summed E-state index contributed by atoms with van der Waals surface area (Å²) in [7, 11) is -1.57. The molecule has 0 bridgehead atoms. The van der Waals surface area contributed by atoms with Crippen molar-refractivity contribution in [3.05, 3.63) is 141 Å². The maximum Gasteiger partial charge on any atom is 0.490 e. The maximum atomic E-state index is 12.7. The summed E-state index contributed by atoms with van der Waals surface area (Å²) in [6.07, 6.45) is 4.26. The molecule has 21 nitrogen and oxygen atoms in total.